The van der Waals surface area contributed by atoms with E-state index in [1.807, 2.05) is 0 Å². The van der Waals surface area contributed by atoms with Gasteiger partial charge in [0.05, 0.1) is 0 Å². The maximum Gasteiger partial charge on any atom is 0.0339 e. The highest BCUT2D eigenvalue weighted by atomic mass is 35.5. The molecule has 1 saturated heterocycles. The molecule has 2 rings (SSSR count). The second-order valence-electron chi connectivity index (χ2n) is 5.78. The zero-order chi connectivity index (χ0) is 11.4. The number of likely N-dealkylation sites (tertiary alicyclic amines) is 1. The minimum absolute atomic E-state index is 0.465. The average Bonchev–Trinajstić information content (AvgIpc) is 2.30. The summed E-state index contributed by atoms with van der Waals surface area (Å²) in [5.74, 6) is 1.89. The Balaban J connectivity index is 1.69. The van der Waals surface area contributed by atoms with Gasteiger partial charge in [-0.3, -0.25) is 0 Å². The maximum atomic E-state index is 6.26. The fourth-order valence-corrected chi connectivity index (χ4v) is 3.74. The molecule has 2 aliphatic rings. The first-order chi connectivity index (χ1) is 7.78. The van der Waals surface area contributed by atoms with Crippen LogP contribution in [0.4, 0.5) is 0 Å². The summed E-state index contributed by atoms with van der Waals surface area (Å²) in [5, 5.41) is 0.465. The van der Waals surface area contributed by atoms with E-state index in [0.29, 0.717) is 5.38 Å². The summed E-state index contributed by atoms with van der Waals surface area (Å²) >= 11 is 6.26. The van der Waals surface area contributed by atoms with Gasteiger partial charge in [-0.2, -0.15) is 0 Å². The number of hydrogen-bond donors (Lipinski definition) is 0. The van der Waals surface area contributed by atoms with Gasteiger partial charge in [0.2, 0.25) is 0 Å². The van der Waals surface area contributed by atoms with Crippen molar-refractivity contribution in [3.63, 3.8) is 0 Å². The zero-order valence-corrected chi connectivity index (χ0v) is 11.4. The molecule has 2 heteroatoms. The van der Waals surface area contributed by atoms with Crippen LogP contribution < -0.4 is 0 Å². The Morgan fingerprint density at radius 3 is 2.44 bits per heavy atom. The number of halogens is 1. The van der Waals surface area contributed by atoms with Gasteiger partial charge in [-0.25, -0.2) is 0 Å². The average molecular weight is 244 g/mol. The summed E-state index contributed by atoms with van der Waals surface area (Å²) in [7, 11) is 0. The van der Waals surface area contributed by atoms with Crippen LogP contribution in [0.5, 0.6) is 0 Å². The van der Waals surface area contributed by atoms with Crippen LogP contribution >= 0.6 is 11.6 Å². The summed E-state index contributed by atoms with van der Waals surface area (Å²) in [6.45, 7) is 6.32. The van der Waals surface area contributed by atoms with Gasteiger partial charge in [0.25, 0.3) is 0 Å². The van der Waals surface area contributed by atoms with Gasteiger partial charge in [0.1, 0.15) is 0 Å². The van der Waals surface area contributed by atoms with Crippen molar-refractivity contribution in [1.82, 2.24) is 4.90 Å². The number of alkyl halides is 1. The number of rotatable bonds is 3. The summed E-state index contributed by atoms with van der Waals surface area (Å²) in [6, 6.07) is 0. The third kappa shape index (κ3) is 3.63. The van der Waals surface area contributed by atoms with Crippen LogP contribution in [0.3, 0.4) is 0 Å². The van der Waals surface area contributed by atoms with E-state index in [0.717, 1.165) is 11.8 Å². The Morgan fingerprint density at radius 2 is 1.81 bits per heavy atom. The van der Waals surface area contributed by atoms with Gasteiger partial charge in [-0.15, -0.1) is 11.6 Å². The molecule has 1 saturated carbocycles. The molecule has 94 valence electrons. The molecular weight excluding hydrogens is 218 g/mol. The largest absolute Gasteiger partial charge is 0.303 e. The van der Waals surface area contributed by atoms with E-state index >= 15 is 0 Å². The molecule has 0 aromatic rings. The minimum atomic E-state index is 0.465. The van der Waals surface area contributed by atoms with Crippen molar-refractivity contribution in [3.05, 3.63) is 0 Å². The van der Waals surface area contributed by atoms with Crippen molar-refractivity contribution in [2.75, 3.05) is 19.6 Å². The van der Waals surface area contributed by atoms with Gasteiger partial charge >= 0.3 is 0 Å². The smallest absolute Gasteiger partial charge is 0.0339 e. The topological polar surface area (TPSA) is 3.24 Å². The molecule has 2 unspecified atom stereocenters. The Labute approximate surface area is 106 Å². The monoisotopic (exact) mass is 243 g/mol. The fourth-order valence-electron chi connectivity index (χ4n) is 3.33. The van der Waals surface area contributed by atoms with Crippen LogP contribution in [-0.4, -0.2) is 29.9 Å². The molecule has 0 aromatic heterocycles. The van der Waals surface area contributed by atoms with E-state index in [4.69, 9.17) is 11.6 Å². The molecule has 0 spiro atoms. The van der Waals surface area contributed by atoms with E-state index in [2.05, 4.69) is 11.8 Å². The molecule has 2 fully saturated rings. The van der Waals surface area contributed by atoms with Crippen molar-refractivity contribution in [2.45, 2.75) is 57.2 Å². The molecule has 0 amide bonds. The highest BCUT2D eigenvalue weighted by Crippen LogP contribution is 2.29. The van der Waals surface area contributed by atoms with Crippen molar-refractivity contribution >= 4 is 11.6 Å². The van der Waals surface area contributed by atoms with Crippen LogP contribution in [0.25, 0.3) is 0 Å². The van der Waals surface area contributed by atoms with Gasteiger partial charge in [0, 0.05) is 11.9 Å². The molecule has 16 heavy (non-hydrogen) atoms. The quantitative estimate of drug-likeness (QED) is 0.680. The molecule has 2 atom stereocenters. The van der Waals surface area contributed by atoms with Crippen LogP contribution in [-0.2, 0) is 0 Å². The number of piperidine rings is 1. The summed E-state index contributed by atoms with van der Waals surface area (Å²) < 4.78 is 0. The maximum absolute atomic E-state index is 6.26. The van der Waals surface area contributed by atoms with Gasteiger partial charge in [0.15, 0.2) is 0 Å². The summed E-state index contributed by atoms with van der Waals surface area (Å²) in [4.78, 5) is 2.69. The lowest BCUT2D eigenvalue weighted by atomic mass is 9.87. The lowest BCUT2D eigenvalue weighted by molar-refractivity contribution is 0.145. The summed E-state index contributed by atoms with van der Waals surface area (Å²) in [6.07, 6.45) is 9.49. The van der Waals surface area contributed by atoms with E-state index < -0.39 is 0 Å². The first kappa shape index (κ1) is 12.7. The highest BCUT2D eigenvalue weighted by Gasteiger charge is 2.24. The Morgan fingerprint density at radius 1 is 1.06 bits per heavy atom. The highest BCUT2D eigenvalue weighted by molar-refractivity contribution is 6.20. The van der Waals surface area contributed by atoms with E-state index in [1.54, 1.807) is 0 Å². The molecule has 1 aliphatic heterocycles. The van der Waals surface area contributed by atoms with Gasteiger partial charge in [-0.1, -0.05) is 19.8 Å². The predicted octanol–water partition coefficient (Wildman–Crippen LogP) is 3.91. The normalized spacial score (nSPS) is 34.1. The molecule has 0 N–H and O–H groups in total. The van der Waals surface area contributed by atoms with Crippen LogP contribution in [0, 0.1) is 11.8 Å². The first-order valence-electron chi connectivity index (χ1n) is 7.14. The standard InChI is InChI=1S/C14H26ClN/c1-2-12-6-8-16(9-7-12)11-13-4-3-5-14(15)10-13/h12-14H,2-11H2,1H3. The Hall–Kier alpha value is 0.250. The van der Waals surface area contributed by atoms with E-state index in [-0.39, 0.29) is 0 Å². The van der Waals surface area contributed by atoms with Crippen LogP contribution in [0.2, 0.25) is 0 Å². The third-order valence-corrected chi connectivity index (χ3v) is 4.92. The van der Waals surface area contributed by atoms with Crippen molar-refractivity contribution < 1.29 is 0 Å². The molecule has 0 bridgehead atoms. The Bertz CT molecular complexity index is 199. The fraction of sp³-hybridized carbons (Fsp3) is 1.00. The van der Waals surface area contributed by atoms with Crippen molar-refractivity contribution in [3.8, 4) is 0 Å². The van der Waals surface area contributed by atoms with Crippen LogP contribution in [0.1, 0.15) is 51.9 Å². The predicted molar refractivity (Wildman–Crippen MR) is 71.1 cm³/mol. The molecule has 0 radical (unpaired) electrons. The number of hydrogen-bond acceptors (Lipinski definition) is 1. The second-order valence-corrected chi connectivity index (χ2v) is 6.40. The lowest BCUT2D eigenvalue weighted by Gasteiger charge is -2.35. The van der Waals surface area contributed by atoms with E-state index in [1.165, 1.54) is 64.6 Å². The Kier molecular flexibility index (Phi) is 4.97. The molecule has 1 heterocycles. The first-order valence-corrected chi connectivity index (χ1v) is 7.58. The van der Waals surface area contributed by atoms with E-state index in [9.17, 15) is 0 Å². The molecule has 1 nitrogen and oxygen atoms in total. The van der Waals surface area contributed by atoms with Gasteiger partial charge in [-0.05, 0) is 57.0 Å². The van der Waals surface area contributed by atoms with Gasteiger partial charge < -0.3 is 4.90 Å². The molecule has 0 aromatic carbocycles. The molecule has 1 aliphatic carbocycles. The second kappa shape index (κ2) is 6.26. The zero-order valence-electron chi connectivity index (χ0n) is 10.6. The van der Waals surface area contributed by atoms with Crippen molar-refractivity contribution in [2.24, 2.45) is 11.8 Å². The lowest BCUT2D eigenvalue weighted by Crippen LogP contribution is -2.38. The third-order valence-electron chi connectivity index (χ3n) is 4.52. The SMILES string of the molecule is CCC1CCN(CC2CCCC(Cl)C2)CC1. The molecular formula is C14H26ClN. The minimum Gasteiger partial charge on any atom is -0.303 e. The van der Waals surface area contributed by atoms with Crippen molar-refractivity contribution in [1.29, 1.82) is 0 Å². The summed E-state index contributed by atoms with van der Waals surface area (Å²) in [5.41, 5.74) is 0. The van der Waals surface area contributed by atoms with Crippen LogP contribution in [0.15, 0.2) is 0 Å². The number of nitrogens with zero attached hydrogens (tertiary/aromatic N) is 1.